The standard InChI is InChI=1S/C28H30O12/c1-16(29)34-14-21-12-8-9-13-22(21)38-28-26(40-27(33)20-10-6-5-7-11-20)25(37-19(4)32)24(36-18(3)31)23(39-28)15-35-17(2)30/h5-13,23-26,28H,14-15H2,1-4H3/t23-,24-,25+,26-,28-/m1/s1. The maximum atomic E-state index is 13.1. The number of benzene rings is 2. The molecule has 5 atom stereocenters. The summed E-state index contributed by atoms with van der Waals surface area (Å²) < 4.78 is 39.0. The summed E-state index contributed by atoms with van der Waals surface area (Å²) in [5, 5.41) is 0. The molecule has 214 valence electrons. The van der Waals surface area contributed by atoms with Crippen LogP contribution in [0.2, 0.25) is 0 Å². The molecule has 0 amide bonds. The third-order valence-electron chi connectivity index (χ3n) is 5.55. The summed E-state index contributed by atoms with van der Waals surface area (Å²) >= 11 is 0. The van der Waals surface area contributed by atoms with E-state index >= 15 is 0 Å². The van der Waals surface area contributed by atoms with E-state index in [1.54, 1.807) is 42.5 Å². The molecule has 1 fully saturated rings. The zero-order valence-corrected chi connectivity index (χ0v) is 22.4. The quantitative estimate of drug-likeness (QED) is 0.311. The van der Waals surface area contributed by atoms with Gasteiger partial charge in [0.2, 0.25) is 12.4 Å². The smallest absolute Gasteiger partial charge is 0.338 e. The molecule has 0 saturated carbocycles. The summed E-state index contributed by atoms with van der Waals surface area (Å²) in [6.07, 6.45) is -6.87. The fourth-order valence-corrected chi connectivity index (χ4v) is 3.90. The van der Waals surface area contributed by atoms with E-state index in [2.05, 4.69) is 0 Å². The van der Waals surface area contributed by atoms with Crippen molar-refractivity contribution in [1.29, 1.82) is 0 Å². The monoisotopic (exact) mass is 558 g/mol. The van der Waals surface area contributed by atoms with Gasteiger partial charge >= 0.3 is 29.8 Å². The van der Waals surface area contributed by atoms with Crippen molar-refractivity contribution in [1.82, 2.24) is 0 Å². The Morgan fingerprint density at radius 1 is 0.675 bits per heavy atom. The molecule has 1 aliphatic rings. The Bertz CT molecular complexity index is 1210. The highest BCUT2D eigenvalue weighted by Crippen LogP contribution is 2.32. The van der Waals surface area contributed by atoms with Crippen LogP contribution < -0.4 is 4.74 Å². The van der Waals surface area contributed by atoms with Gasteiger partial charge < -0.3 is 33.2 Å². The number of para-hydroxylation sites is 1. The van der Waals surface area contributed by atoms with Crippen molar-refractivity contribution < 1.29 is 57.1 Å². The Morgan fingerprint density at radius 3 is 1.90 bits per heavy atom. The molecule has 2 aromatic carbocycles. The van der Waals surface area contributed by atoms with E-state index in [1.807, 2.05) is 0 Å². The van der Waals surface area contributed by atoms with Crippen LogP contribution in [0.5, 0.6) is 5.75 Å². The molecule has 1 saturated heterocycles. The van der Waals surface area contributed by atoms with Crippen molar-refractivity contribution in [3.05, 3.63) is 65.7 Å². The normalized spacial score (nSPS) is 21.9. The Labute approximate surface area is 230 Å². The minimum atomic E-state index is -1.46. The van der Waals surface area contributed by atoms with Crippen LogP contribution in [0.1, 0.15) is 43.6 Å². The predicted molar refractivity (Wildman–Crippen MR) is 135 cm³/mol. The number of hydrogen-bond acceptors (Lipinski definition) is 12. The molecule has 40 heavy (non-hydrogen) atoms. The molecule has 0 aromatic heterocycles. The van der Waals surface area contributed by atoms with Gasteiger partial charge in [-0.15, -0.1) is 0 Å². The zero-order chi connectivity index (χ0) is 29.2. The number of carbonyl (C=O) groups is 5. The van der Waals surface area contributed by atoms with Gasteiger partial charge in [0.25, 0.3) is 0 Å². The van der Waals surface area contributed by atoms with Crippen molar-refractivity contribution in [2.24, 2.45) is 0 Å². The van der Waals surface area contributed by atoms with Gasteiger partial charge in [-0.2, -0.15) is 0 Å². The van der Waals surface area contributed by atoms with E-state index in [4.69, 9.17) is 33.2 Å². The van der Waals surface area contributed by atoms with Crippen molar-refractivity contribution in [3.63, 3.8) is 0 Å². The predicted octanol–water partition coefficient (Wildman–Crippen LogP) is 2.51. The number of esters is 5. The van der Waals surface area contributed by atoms with Gasteiger partial charge in [-0.3, -0.25) is 19.2 Å². The molecule has 1 heterocycles. The van der Waals surface area contributed by atoms with E-state index < -0.39 is 67.2 Å². The molecule has 0 spiro atoms. The summed E-state index contributed by atoms with van der Waals surface area (Å²) in [7, 11) is 0. The van der Waals surface area contributed by atoms with E-state index in [0.29, 0.717) is 5.56 Å². The van der Waals surface area contributed by atoms with Crippen LogP contribution in [-0.4, -0.2) is 67.2 Å². The Balaban J connectivity index is 2.05. The van der Waals surface area contributed by atoms with Crippen LogP contribution >= 0.6 is 0 Å². The average Bonchev–Trinajstić information content (AvgIpc) is 2.90. The first-order valence-electron chi connectivity index (χ1n) is 12.3. The number of hydrogen-bond donors (Lipinski definition) is 0. The first-order valence-corrected chi connectivity index (χ1v) is 12.3. The Kier molecular flexibility index (Phi) is 10.6. The highest BCUT2D eigenvalue weighted by atomic mass is 16.7. The van der Waals surface area contributed by atoms with Crippen LogP contribution in [-0.2, 0) is 54.2 Å². The van der Waals surface area contributed by atoms with E-state index in [9.17, 15) is 24.0 Å². The summed E-state index contributed by atoms with van der Waals surface area (Å²) in [6, 6.07) is 14.6. The van der Waals surface area contributed by atoms with E-state index in [1.165, 1.54) is 26.0 Å². The third kappa shape index (κ3) is 8.53. The fourth-order valence-electron chi connectivity index (χ4n) is 3.90. The molecular formula is C28H30O12. The van der Waals surface area contributed by atoms with Gasteiger partial charge in [0.15, 0.2) is 12.2 Å². The van der Waals surface area contributed by atoms with Crippen molar-refractivity contribution >= 4 is 29.8 Å². The highest BCUT2D eigenvalue weighted by molar-refractivity contribution is 5.89. The highest BCUT2D eigenvalue weighted by Gasteiger charge is 2.53. The molecule has 1 aliphatic heterocycles. The molecule has 3 rings (SSSR count). The van der Waals surface area contributed by atoms with Gasteiger partial charge in [-0.1, -0.05) is 36.4 Å². The van der Waals surface area contributed by atoms with Gasteiger partial charge in [-0.05, 0) is 18.2 Å². The molecule has 2 aromatic rings. The minimum Gasteiger partial charge on any atom is -0.463 e. The van der Waals surface area contributed by atoms with Crippen molar-refractivity contribution in [2.75, 3.05) is 6.61 Å². The number of rotatable bonds is 10. The second-order valence-corrected chi connectivity index (χ2v) is 8.74. The molecule has 0 radical (unpaired) electrons. The molecule has 0 bridgehead atoms. The summed E-state index contributed by atoms with van der Waals surface area (Å²) in [5.74, 6) is -3.28. The van der Waals surface area contributed by atoms with Crippen molar-refractivity contribution in [2.45, 2.75) is 65.0 Å². The lowest BCUT2D eigenvalue weighted by Gasteiger charge is -2.44. The number of ether oxygens (including phenoxy) is 7. The van der Waals surface area contributed by atoms with Gasteiger partial charge in [0.05, 0.1) is 5.56 Å². The van der Waals surface area contributed by atoms with Crippen molar-refractivity contribution in [3.8, 4) is 5.75 Å². The minimum absolute atomic E-state index is 0.132. The first-order chi connectivity index (χ1) is 19.0. The van der Waals surface area contributed by atoms with Gasteiger partial charge in [0, 0.05) is 33.3 Å². The molecular weight excluding hydrogens is 528 g/mol. The average molecular weight is 559 g/mol. The van der Waals surface area contributed by atoms with Crippen LogP contribution in [0, 0.1) is 0 Å². The molecule has 0 N–H and O–H groups in total. The zero-order valence-electron chi connectivity index (χ0n) is 22.4. The van der Waals surface area contributed by atoms with E-state index in [-0.39, 0.29) is 17.9 Å². The molecule has 12 heteroatoms. The molecule has 12 nitrogen and oxygen atoms in total. The topological polar surface area (TPSA) is 150 Å². The van der Waals surface area contributed by atoms with Crippen LogP contribution in [0.15, 0.2) is 54.6 Å². The Hall–Kier alpha value is -4.45. The maximum absolute atomic E-state index is 13.1. The lowest BCUT2D eigenvalue weighted by Crippen LogP contribution is -2.63. The summed E-state index contributed by atoms with van der Waals surface area (Å²) in [5.41, 5.74) is 0.640. The second kappa shape index (κ2) is 14.1. The molecule has 0 unspecified atom stereocenters. The largest absolute Gasteiger partial charge is 0.463 e. The van der Waals surface area contributed by atoms with E-state index in [0.717, 1.165) is 13.8 Å². The third-order valence-corrected chi connectivity index (χ3v) is 5.55. The molecule has 0 aliphatic carbocycles. The first kappa shape index (κ1) is 30.1. The van der Waals surface area contributed by atoms with Gasteiger partial charge in [0.1, 0.15) is 25.1 Å². The van der Waals surface area contributed by atoms with Crippen LogP contribution in [0.25, 0.3) is 0 Å². The number of carbonyl (C=O) groups excluding carboxylic acids is 5. The summed E-state index contributed by atoms with van der Waals surface area (Å²) in [4.78, 5) is 60.2. The SMILES string of the molecule is CC(=O)OCc1ccccc1O[C@@H]1O[C@H](COC(C)=O)[C@@H](OC(C)=O)[C@H](OC(C)=O)[C@H]1OC(=O)c1ccccc1. The fraction of sp³-hybridized carbons (Fsp3) is 0.393. The summed E-state index contributed by atoms with van der Waals surface area (Å²) in [6.45, 7) is 4.16. The van der Waals surface area contributed by atoms with Gasteiger partial charge in [-0.25, -0.2) is 4.79 Å². The second-order valence-electron chi connectivity index (χ2n) is 8.74. The maximum Gasteiger partial charge on any atom is 0.338 e. The van der Waals surface area contributed by atoms with Crippen LogP contribution in [0.3, 0.4) is 0 Å². The lowest BCUT2D eigenvalue weighted by atomic mass is 9.98. The lowest BCUT2D eigenvalue weighted by molar-refractivity contribution is -0.284. The Morgan fingerprint density at radius 2 is 1.27 bits per heavy atom. The van der Waals surface area contributed by atoms with Crippen LogP contribution in [0.4, 0.5) is 0 Å².